The summed E-state index contributed by atoms with van der Waals surface area (Å²) in [7, 11) is 1.68. The molecule has 1 aliphatic rings. The Morgan fingerprint density at radius 3 is 2.84 bits per heavy atom. The van der Waals surface area contributed by atoms with Crippen LogP contribution in [0.15, 0.2) is 42.5 Å². The first kappa shape index (κ1) is 17.3. The molecule has 1 atom stereocenters. The maximum Gasteiger partial charge on any atom is 0.319 e. The van der Waals surface area contributed by atoms with Gasteiger partial charge in [0, 0.05) is 17.9 Å². The van der Waals surface area contributed by atoms with E-state index < -0.39 is 0 Å². The third kappa shape index (κ3) is 3.94. The SMILES string of the molecule is CCOCc1ccccc1NC(=O)NC1CCc2c(OC)cccc21. The second-order valence-corrected chi connectivity index (χ2v) is 6.01. The Balaban J connectivity index is 1.67. The fourth-order valence-corrected chi connectivity index (χ4v) is 3.26. The standard InChI is InChI=1S/C20H24N2O3/c1-3-25-13-14-7-4-5-9-17(14)21-20(23)22-18-12-11-16-15(18)8-6-10-19(16)24-2/h4-10,18H,3,11-13H2,1-2H3,(H2,21,22,23). The van der Waals surface area contributed by atoms with Gasteiger partial charge in [0.05, 0.1) is 19.8 Å². The topological polar surface area (TPSA) is 59.6 Å². The summed E-state index contributed by atoms with van der Waals surface area (Å²) in [6.45, 7) is 3.08. The van der Waals surface area contributed by atoms with Crippen molar-refractivity contribution in [3.63, 3.8) is 0 Å². The van der Waals surface area contributed by atoms with Crippen LogP contribution in [0.1, 0.15) is 36.1 Å². The second kappa shape index (κ2) is 8.03. The first-order valence-electron chi connectivity index (χ1n) is 8.62. The van der Waals surface area contributed by atoms with Gasteiger partial charge in [-0.1, -0.05) is 30.3 Å². The van der Waals surface area contributed by atoms with Crippen LogP contribution in [0, 0.1) is 0 Å². The number of anilines is 1. The smallest absolute Gasteiger partial charge is 0.319 e. The summed E-state index contributed by atoms with van der Waals surface area (Å²) in [6.07, 6.45) is 1.79. The minimum absolute atomic E-state index is 0.00385. The molecule has 0 aromatic heterocycles. The van der Waals surface area contributed by atoms with Crippen molar-refractivity contribution in [2.45, 2.75) is 32.4 Å². The fraction of sp³-hybridized carbons (Fsp3) is 0.350. The Kier molecular flexibility index (Phi) is 5.56. The molecule has 0 fully saturated rings. The number of nitrogens with one attached hydrogen (secondary N) is 2. The van der Waals surface area contributed by atoms with Crippen molar-refractivity contribution in [3.05, 3.63) is 59.2 Å². The Bertz CT molecular complexity index is 745. The first-order chi connectivity index (χ1) is 12.2. The van der Waals surface area contributed by atoms with E-state index in [-0.39, 0.29) is 12.1 Å². The van der Waals surface area contributed by atoms with E-state index >= 15 is 0 Å². The lowest BCUT2D eigenvalue weighted by Crippen LogP contribution is -2.31. The molecule has 5 nitrogen and oxygen atoms in total. The van der Waals surface area contributed by atoms with Crippen LogP contribution in [-0.2, 0) is 17.8 Å². The summed E-state index contributed by atoms with van der Waals surface area (Å²) in [6, 6.07) is 13.5. The Hall–Kier alpha value is -2.53. The molecule has 2 aromatic rings. The monoisotopic (exact) mass is 340 g/mol. The van der Waals surface area contributed by atoms with Crippen molar-refractivity contribution >= 4 is 11.7 Å². The molecule has 0 aliphatic heterocycles. The van der Waals surface area contributed by atoms with Gasteiger partial charge < -0.3 is 20.1 Å². The molecule has 25 heavy (non-hydrogen) atoms. The number of carbonyl (C=O) groups excluding carboxylic acids is 1. The number of para-hydroxylation sites is 1. The zero-order chi connectivity index (χ0) is 17.6. The second-order valence-electron chi connectivity index (χ2n) is 6.01. The van der Waals surface area contributed by atoms with Crippen molar-refractivity contribution in [1.29, 1.82) is 0 Å². The number of hydrogen-bond donors (Lipinski definition) is 2. The van der Waals surface area contributed by atoms with Gasteiger partial charge >= 0.3 is 6.03 Å². The number of fused-ring (bicyclic) bond motifs is 1. The van der Waals surface area contributed by atoms with E-state index in [1.807, 2.05) is 43.3 Å². The van der Waals surface area contributed by atoms with Crippen molar-refractivity contribution in [1.82, 2.24) is 5.32 Å². The predicted molar refractivity (Wildman–Crippen MR) is 98.0 cm³/mol. The average molecular weight is 340 g/mol. The molecular formula is C20H24N2O3. The molecule has 0 saturated heterocycles. The summed E-state index contributed by atoms with van der Waals surface area (Å²) < 4.78 is 10.9. The van der Waals surface area contributed by atoms with Gasteiger partial charge in [0.15, 0.2) is 0 Å². The lowest BCUT2D eigenvalue weighted by Gasteiger charge is -2.17. The Morgan fingerprint density at radius 1 is 1.20 bits per heavy atom. The molecule has 1 unspecified atom stereocenters. The molecular weight excluding hydrogens is 316 g/mol. The van der Waals surface area contributed by atoms with Crippen molar-refractivity contribution in [2.75, 3.05) is 19.0 Å². The van der Waals surface area contributed by atoms with Gasteiger partial charge in [-0.05, 0) is 43.0 Å². The molecule has 1 aliphatic carbocycles. The Morgan fingerprint density at radius 2 is 2.04 bits per heavy atom. The van der Waals surface area contributed by atoms with E-state index in [2.05, 4.69) is 16.7 Å². The molecule has 3 rings (SSSR count). The van der Waals surface area contributed by atoms with Crippen LogP contribution >= 0.6 is 0 Å². The van der Waals surface area contributed by atoms with Crippen molar-refractivity contribution in [3.8, 4) is 5.75 Å². The molecule has 0 bridgehead atoms. The van der Waals surface area contributed by atoms with Gasteiger partial charge in [-0.3, -0.25) is 0 Å². The summed E-state index contributed by atoms with van der Waals surface area (Å²) in [5, 5.41) is 6.02. The fourth-order valence-electron chi connectivity index (χ4n) is 3.26. The maximum absolute atomic E-state index is 12.5. The number of ether oxygens (including phenoxy) is 2. The molecule has 0 saturated carbocycles. The number of urea groups is 1. The quantitative estimate of drug-likeness (QED) is 0.834. The number of rotatable bonds is 6. The summed E-state index contributed by atoms with van der Waals surface area (Å²) in [5.41, 5.74) is 4.06. The van der Waals surface area contributed by atoms with Gasteiger partial charge in [-0.2, -0.15) is 0 Å². The highest BCUT2D eigenvalue weighted by atomic mass is 16.5. The third-order valence-electron chi connectivity index (χ3n) is 4.48. The molecule has 132 valence electrons. The minimum Gasteiger partial charge on any atom is -0.496 e. The summed E-state index contributed by atoms with van der Waals surface area (Å²) >= 11 is 0. The van der Waals surface area contributed by atoms with Gasteiger partial charge in [0.25, 0.3) is 0 Å². The summed E-state index contributed by atoms with van der Waals surface area (Å²) in [5.74, 6) is 0.893. The Labute approximate surface area is 148 Å². The normalized spacial score (nSPS) is 15.5. The van der Waals surface area contributed by atoms with Gasteiger partial charge in [0.1, 0.15) is 5.75 Å². The number of amides is 2. The third-order valence-corrected chi connectivity index (χ3v) is 4.48. The van der Waals surface area contributed by atoms with E-state index in [1.165, 1.54) is 5.56 Å². The maximum atomic E-state index is 12.5. The predicted octanol–water partition coefficient (Wildman–Crippen LogP) is 4.04. The summed E-state index contributed by atoms with van der Waals surface area (Å²) in [4.78, 5) is 12.5. The molecule has 0 radical (unpaired) electrons. The zero-order valence-corrected chi connectivity index (χ0v) is 14.7. The average Bonchev–Trinajstić information content (AvgIpc) is 3.04. The van der Waals surface area contributed by atoms with Crippen LogP contribution in [0.25, 0.3) is 0 Å². The van der Waals surface area contributed by atoms with E-state index in [0.717, 1.165) is 35.4 Å². The molecule has 5 heteroatoms. The molecule has 2 aromatic carbocycles. The van der Waals surface area contributed by atoms with Crippen molar-refractivity contribution in [2.24, 2.45) is 0 Å². The number of carbonyl (C=O) groups is 1. The van der Waals surface area contributed by atoms with Crippen LogP contribution in [0.2, 0.25) is 0 Å². The van der Waals surface area contributed by atoms with Crippen LogP contribution in [-0.4, -0.2) is 19.7 Å². The number of hydrogen-bond acceptors (Lipinski definition) is 3. The molecule has 0 spiro atoms. The lowest BCUT2D eigenvalue weighted by atomic mass is 10.1. The highest BCUT2D eigenvalue weighted by molar-refractivity contribution is 5.90. The van der Waals surface area contributed by atoms with Crippen LogP contribution in [0.3, 0.4) is 0 Å². The van der Waals surface area contributed by atoms with E-state index in [0.29, 0.717) is 13.2 Å². The number of benzene rings is 2. The molecule has 2 amide bonds. The minimum atomic E-state index is -0.204. The van der Waals surface area contributed by atoms with Crippen molar-refractivity contribution < 1.29 is 14.3 Å². The van der Waals surface area contributed by atoms with Crippen LogP contribution in [0.4, 0.5) is 10.5 Å². The van der Waals surface area contributed by atoms with Crippen LogP contribution < -0.4 is 15.4 Å². The first-order valence-corrected chi connectivity index (χ1v) is 8.62. The van der Waals surface area contributed by atoms with Gasteiger partial charge in [-0.25, -0.2) is 4.79 Å². The van der Waals surface area contributed by atoms with Gasteiger partial charge in [0.2, 0.25) is 0 Å². The van der Waals surface area contributed by atoms with Crippen LogP contribution in [0.5, 0.6) is 5.75 Å². The molecule has 2 N–H and O–H groups in total. The zero-order valence-electron chi connectivity index (χ0n) is 14.7. The highest BCUT2D eigenvalue weighted by Gasteiger charge is 2.26. The lowest BCUT2D eigenvalue weighted by molar-refractivity contribution is 0.134. The molecule has 0 heterocycles. The largest absolute Gasteiger partial charge is 0.496 e. The van der Waals surface area contributed by atoms with E-state index in [4.69, 9.17) is 9.47 Å². The van der Waals surface area contributed by atoms with E-state index in [9.17, 15) is 4.79 Å². The highest BCUT2D eigenvalue weighted by Crippen LogP contribution is 2.36. The van der Waals surface area contributed by atoms with E-state index in [1.54, 1.807) is 7.11 Å². The number of methoxy groups -OCH3 is 1. The van der Waals surface area contributed by atoms with Gasteiger partial charge in [-0.15, -0.1) is 0 Å².